The first kappa shape index (κ1) is 13.7. The standard InChI is InChI=1S/C16H19FN2/c1-4-12-9-19-6-5-13(12)16(18)15-11(3)7-10(2)8-14(15)17/h5-9,16H,4,18H2,1-3H3. The maximum atomic E-state index is 14.2. The molecule has 2 aromatic rings. The van der Waals surface area contributed by atoms with Crippen LogP contribution in [-0.2, 0) is 6.42 Å². The number of aryl methyl sites for hydroxylation is 3. The van der Waals surface area contributed by atoms with Crippen molar-refractivity contribution >= 4 is 0 Å². The van der Waals surface area contributed by atoms with Crippen molar-refractivity contribution < 1.29 is 4.39 Å². The van der Waals surface area contributed by atoms with E-state index in [1.165, 1.54) is 6.07 Å². The van der Waals surface area contributed by atoms with Gasteiger partial charge in [-0.15, -0.1) is 0 Å². The number of hydrogen-bond acceptors (Lipinski definition) is 2. The van der Waals surface area contributed by atoms with Gasteiger partial charge in [-0.3, -0.25) is 4.98 Å². The lowest BCUT2D eigenvalue weighted by Gasteiger charge is -2.19. The monoisotopic (exact) mass is 258 g/mol. The van der Waals surface area contributed by atoms with Crippen LogP contribution in [-0.4, -0.2) is 4.98 Å². The van der Waals surface area contributed by atoms with Crippen molar-refractivity contribution in [2.24, 2.45) is 5.73 Å². The Morgan fingerprint density at radius 1 is 1.32 bits per heavy atom. The van der Waals surface area contributed by atoms with Gasteiger partial charge in [0.1, 0.15) is 5.82 Å². The van der Waals surface area contributed by atoms with Crippen LogP contribution in [0.2, 0.25) is 0 Å². The first-order chi connectivity index (χ1) is 9.04. The van der Waals surface area contributed by atoms with E-state index in [4.69, 9.17) is 5.73 Å². The number of halogens is 1. The zero-order chi connectivity index (χ0) is 14.0. The number of nitrogens with two attached hydrogens (primary N) is 1. The molecule has 0 aliphatic carbocycles. The molecule has 3 heteroatoms. The lowest BCUT2D eigenvalue weighted by atomic mass is 9.91. The Morgan fingerprint density at radius 3 is 2.68 bits per heavy atom. The summed E-state index contributed by atoms with van der Waals surface area (Å²) in [6, 6.07) is 4.93. The molecule has 0 bridgehead atoms. The Labute approximate surface area is 113 Å². The van der Waals surface area contributed by atoms with Crippen molar-refractivity contribution in [2.45, 2.75) is 33.2 Å². The smallest absolute Gasteiger partial charge is 0.128 e. The molecule has 0 saturated heterocycles. The maximum Gasteiger partial charge on any atom is 0.128 e. The predicted octanol–water partition coefficient (Wildman–Crippen LogP) is 3.45. The van der Waals surface area contributed by atoms with Crippen molar-refractivity contribution in [3.63, 3.8) is 0 Å². The fourth-order valence-electron chi connectivity index (χ4n) is 2.51. The SMILES string of the molecule is CCc1cnccc1C(N)c1c(C)cc(C)cc1F. The Kier molecular flexibility index (Phi) is 3.96. The summed E-state index contributed by atoms with van der Waals surface area (Å²) in [6.45, 7) is 5.83. The molecule has 0 spiro atoms. The van der Waals surface area contributed by atoms with Gasteiger partial charge in [0.2, 0.25) is 0 Å². The predicted molar refractivity (Wildman–Crippen MR) is 75.5 cm³/mol. The second kappa shape index (κ2) is 5.49. The van der Waals surface area contributed by atoms with E-state index in [0.29, 0.717) is 5.56 Å². The first-order valence-corrected chi connectivity index (χ1v) is 6.49. The van der Waals surface area contributed by atoms with E-state index < -0.39 is 6.04 Å². The van der Waals surface area contributed by atoms with Crippen LogP contribution >= 0.6 is 0 Å². The molecule has 1 aromatic carbocycles. The van der Waals surface area contributed by atoms with Crippen LogP contribution in [0.5, 0.6) is 0 Å². The van der Waals surface area contributed by atoms with E-state index in [1.807, 2.05) is 32.9 Å². The largest absolute Gasteiger partial charge is 0.320 e. The molecule has 100 valence electrons. The third-order valence-electron chi connectivity index (χ3n) is 3.45. The van der Waals surface area contributed by atoms with E-state index in [-0.39, 0.29) is 5.82 Å². The second-order valence-corrected chi connectivity index (χ2v) is 4.88. The number of benzene rings is 1. The molecule has 2 N–H and O–H groups in total. The van der Waals surface area contributed by atoms with Crippen LogP contribution < -0.4 is 5.73 Å². The summed E-state index contributed by atoms with van der Waals surface area (Å²) in [7, 11) is 0. The van der Waals surface area contributed by atoms with Gasteiger partial charge < -0.3 is 5.73 Å². The van der Waals surface area contributed by atoms with Gasteiger partial charge in [-0.25, -0.2) is 4.39 Å². The van der Waals surface area contributed by atoms with Crippen molar-refractivity contribution in [3.05, 3.63) is 64.2 Å². The summed E-state index contributed by atoms with van der Waals surface area (Å²) in [5.41, 5.74) is 10.7. The highest BCUT2D eigenvalue weighted by atomic mass is 19.1. The van der Waals surface area contributed by atoms with Crippen molar-refractivity contribution in [2.75, 3.05) is 0 Å². The van der Waals surface area contributed by atoms with Crippen LogP contribution in [0.15, 0.2) is 30.6 Å². The average Bonchev–Trinajstić information content (AvgIpc) is 2.37. The lowest BCUT2D eigenvalue weighted by molar-refractivity contribution is 0.595. The minimum absolute atomic E-state index is 0.233. The summed E-state index contributed by atoms with van der Waals surface area (Å²) in [6.07, 6.45) is 4.34. The van der Waals surface area contributed by atoms with Crippen molar-refractivity contribution in [1.29, 1.82) is 0 Å². The molecule has 1 aromatic heterocycles. The minimum atomic E-state index is -0.446. The second-order valence-electron chi connectivity index (χ2n) is 4.88. The van der Waals surface area contributed by atoms with E-state index in [2.05, 4.69) is 4.98 Å². The van der Waals surface area contributed by atoms with Crippen LogP contribution in [0.3, 0.4) is 0 Å². The molecule has 0 aliphatic heterocycles. The van der Waals surface area contributed by atoms with Gasteiger partial charge in [0.25, 0.3) is 0 Å². The maximum absolute atomic E-state index is 14.2. The normalized spacial score (nSPS) is 12.5. The van der Waals surface area contributed by atoms with Gasteiger partial charge in [0.05, 0.1) is 6.04 Å². The number of nitrogens with zero attached hydrogens (tertiary/aromatic N) is 1. The molecule has 0 amide bonds. The highest BCUT2D eigenvalue weighted by molar-refractivity contribution is 5.41. The van der Waals surface area contributed by atoms with E-state index in [1.54, 1.807) is 12.4 Å². The van der Waals surface area contributed by atoms with Crippen molar-refractivity contribution in [1.82, 2.24) is 4.98 Å². The van der Waals surface area contributed by atoms with Gasteiger partial charge in [-0.2, -0.15) is 0 Å². The molecule has 1 unspecified atom stereocenters. The minimum Gasteiger partial charge on any atom is -0.320 e. The third-order valence-corrected chi connectivity index (χ3v) is 3.45. The van der Waals surface area contributed by atoms with Crippen LogP contribution in [0.4, 0.5) is 4.39 Å². The molecule has 1 atom stereocenters. The fraction of sp³-hybridized carbons (Fsp3) is 0.312. The number of aromatic nitrogens is 1. The summed E-state index contributed by atoms with van der Waals surface area (Å²) in [5, 5.41) is 0. The third kappa shape index (κ3) is 2.66. The Balaban J connectivity index is 2.53. The zero-order valence-electron chi connectivity index (χ0n) is 11.6. The summed E-state index contributed by atoms with van der Waals surface area (Å²) >= 11 is 0. The summed E-state index contributed by atoms with van der Waals surface area (Å²) in [5.74, 6) is -0.233. The highest BCUT2D eigenvalue weighted by Crippen LogP contribution is 2.28. The van der Waals surface area contributed by atoms with E-state index in [9.17, 15) is 4.39 Å². The molecule has 1 heterocycles. The van der Waals surface area contributed by atoms with Gasteiger partial charge >= 0.3 is 0 Å². The van der Waals surface area contributed by atoms with Gasteiger partial charge in [-0.1, -0.05) is 13.0 Å². The molecule has 0 radical (unpaired) electrons. The Morgan fingerprint density at radius 2 is 2.05 bits per heavy atom. The lowest BCUT2D eigenvalue weighted by Crippen LogP contribution is -2.17. The molecular weight excluding hydrogens is 239 g/mol. The molecule has 0 aliphatic rings. The Hall–Kier alpha value is -1.74. The van der Waals surface area contributed by atoms with Crippen LogP contribution in [0, 0.1) is 19.7 Å². The van der Waals surface area contributed by atoms with Crippen molar-refractivity contribution in [3.8, 4) is 0 Å². The molecule has 19 heavy (non-hydrogen) atoms. The van der Waals surface area contributed by atoms with E-state index in [0.717, 1.165) is 28.7 Å². The van der Waals surface area contributed by atoms with Crippen LogP contribution in [0.25, 0.3) is 0 Å². The topological polar surface area (TPSA) is 38.9 Å². The van der Waals surface area contributed by atoms with Gasteiger partial charge in [0, 0.05) is 18.0 Å². The van der Waals surface area contributed by atoms with Crippen LogP contribution in [0.1, 0.15) is 40.8 Å². The highest BCUT2D eigenvalue weighted by Gasteiger charge is 2.18. The number of hydrogen-bond donors (Lipinski definition) is 1. The molecular formula is C16H19FN2. The first-order valence-electron chi connectivity index (χ1n) is 6.49. The molecule has 0 saturated carbocycles. The van der Waals surface area contributed by atoms with Gasteiger partial charge in [-0.05, 0) is 54.7 Å². The van der Waals surface area contributed by atoms with Gasteiger partial charge in [0.15, 0.2) is 0 Å². The fourth-order valence-corrected chi connectivity index (χ4v) is 2.51. The average molecular weight is 258 g/mol. The molecule has 0 fully saturated rings. The number of rotatable bonds is 3. The number of pyridine rings is 1. The molecule has 2 rings (SSSR count). The zero-order valence-corrected chi connectivity index (χ0v) is 11.6. The summed E-state index contributed by atoms with van der Waals surface area (Å²) < 4.78 is 14.2. The Bertz CT molecular complexity index is 570. The summed E-state index contributed by atoms with van der Waals surface area (Å²) in [4.78, 5) is 4.10. The molecule has 2 nitrogen and oxygen atoms in total. The quantitative estimate of drug-likeness (QED) is 0.915. The van der Waals surface area contributed by atoms with E-state index >= 15 is 0 Å².